The molecular weight excluding hydrogens is 218 g/mol. The van der Waals surface area contributed by atoms with E-state index in [1.807, 2.05) is 24.3 Å². The lowest BCUT2D eigenvalue weighted by atomic mass is 10.0. The van der Waals surface area contributed by atoms with Crippen LogP contribution in [0.1, 0.15) is 18.1 Å². The van der Waals surface area contributed by atoms with E-state index < -0.39 is 0 Å². The molecule has 0 saturated carbocycles. The average molecular weight is 235 g/mol. The third-order valence-electron chi connectivity index (χ3n) is 3.08. The van der Waals surface area contributed by atoms with Crippen molar-refractivity contribution in [3.05, 3.63) is 70.1 Å². The van der Waals surface area contributed by atoms with E-state index in [0.29, 0.717) is 0 Å². The van der Waals surface area contributed by atoms with Crippen LogP contribution in [0.3, 0.4) is 0 Å². The van der Waals surface area contributed by atoms with Crippen LogP contribution >= 0.6 is 0 Å². The van der Waals surface area contributed by atoms with E-state index in [1.54, 1.807) is 0 Å². The molecule has 0 aliphatic rings. The lowest BCUT2D eigenvalue weighted by molar-refractivity contribution is 1.40. The van der Waals surface area contributed by atoms with Crippen LogP contribution < -0.4 is 10.4 Å². The van der Waals surface area contributed by atoms with Crippen molar-refractivity contribution in [3.8, 4) is 0 Å². The molecule has 0 saturated heterocycles. The third kappa shape index (κ3) is 2.57. The fraction of sp³-hybridized carbons (Fsp3) is 0.118. The molecule has 0 spiro atoms. The Morgan fingerprint density at radius 1 is 1.06 bits per heavy atom. The van der Waals surface area contributed by atoms with E-state index in [0.717, 1.165) is 5.22 Å². The quantitative estimate of drug-likeness (QED) is 0.774. The molecule has 0 aromatic heterocycles. The van der Waals surface area contributed by atoms with Crippen molar-refractivity contribution in [2.24, 2.45) is 0 Å². The second kappa shape index (κ2) is 5.46. The molecule has 18 heavy (non-hydrogen) atoms. The van der Waals surface area contributed by atoms with Gasteiger partial charge in [-0.3, -0.25) is 0 Å². The van der Waals surface area contributed by atoms with Crippen molar-refractivity contribution in [2.45, 2.75) is 13.8 Å². The van der Waals surface area contributed by atoms with Gasteiger partial charge in [0.15, 0.2) is 0 Å². The molecular formula is C17H17N. The van der Waals surface area contributed by atoms with Crippen LogP contribution in [0.5, 0.6) is 0 Å². The van der Waals surface area contributed by atoms with Crippen LogP contribution in [0.15, 0.2) is 48.5 Å². The Morgan fingerprint density at radius 3 is 2.56 bits per heavy atom. The zero-order valence-electron chi connectivity index (χ0n) is 10.8. The first-order chi connectivity index (χ1) is 8.72. The molecule has 0 unspecified atom stereocenters. The summed E-state index contributed by atoms with van der Waals surface area (Å²) in [6.45, 7) is 4.23. The monoisotopic (exact) mass is 235 g/mol. The topological polar surface area (TPSA) is 23.9 Å². The summed E-state index contributed by atoms with van der Waals surface area (Å²) in [5.41, 5.74) is 3.74. The smallest absolute Gasteiger partial charge is 0.0183 e. The zero-order chi connectivity index (χ0) is 13.0. The highest BCUT2D eigenvalue weighted by Gasteiger charge is 1.97. The molecule has 0 aliphatic heterocycles. The number of benzene rings is 2. The minimum absolute atomic E-state index is 1.09. The minimum Gasteiger partial charge on any atom is -0.309 e. The number of hydrogen-bond donors (Lipinski definition) is 1. The lowest BCUT2D eigenvalue weighted by Crippen LogP contribution is -2.26. The largest absolute Gasteiger partial charge is 0.309 e. The summed E-state index contributed by atoms with van der Waals surface area (Å²) in [5, 5.41) is 9.50. The van der Waals surface area contributed by atoms with Crippen LogP contribution in [0.2, 0.25) is 0 Å². The highest BCUT2D eigenvalue weighted by molar-refractivity contribution is 5.88. The van der Waals surface area contributed by atoms with E-state index in [-0.39, 0.29) is 0 Å². The lowest BCUT2D eigenvalue weighted by Gasteiger charge is -2.03. The van der Waals surface area contributed by atoms with E-state index in [9.17, 15) is 0 Å². The van der Waals surface area contributed by atoms with Gasteiger partial charge in [0.2, 0.25) is 0 Å². The second-order valence-electron chi connectivity index (χ2n) is 4.42. The second-order valence-corrected chi connectivity index (χ2v) is 4.42. The first kappa shape index (κ1) is 12.3. The Hall–Kier alpha value is -2.15. The van der Waals surface area contributed by atoms with Gasteiger partial charge in [0, 0.05) is 6.21 Å². The SMILES string of the molecule is C/C(c1cccc(C)c1)=c1/cccc/c1=C/C=N. The van der Waals surface area contributed by atoms with Crippen molar-refractivity contribution in [2.75, 3.05) is 0 Å². The first-order valence-electron chi connectivity index (χ1n) is 6.06. The van der Waals surface area contributed by atoms with Gasteiger partial charge in [-0.05, 0) is 41.5 Å². The fourth-order valence-corrected chi connectivity index (χ4v) is 2.11. The van der Waals surface area contributed by atoms with Gasteiger partial charge in [0.05, 0.1) is 0 Å². The van der Waals surface area contributed by atoms with Crippen molar-refractivity contribution < 1.29 is 0 Å². The Labute approximate surface area is 108 Å². The number of rotatable bonds is 2. The Bertz CT molecular complexity index is 681. The Morgan fingerprint density at radius 2 is 1.83 bits per heavy atom. The van der Waals surface area contributed by atoms with Crippen molar-refractivity contribution in [1.82, 2.24) is 0 Å². The summed E-state index contributed by atoms with van der Waals surface area (Å²) < 4.78 is 0. The zero-order valence-corrected chi connectivity index (χ0v) is 10.8. The molecule has 1 heteroatoms. The van der Waals surface area contributed by atoms with Crippen LogP contribution in [0.25, 0.3) is 11.6 Å². The van der Waals surface area contributed by atoms with E-state index >= 15 is 0 Å². The van der Waals surface area contributed by atoms with Crippen molar-refractivity contribution >= 4 is 17.9 Å². The van der Waals surface area contributed by atoms with Gasteiger partial charge in [-0.2, -0.15) is 0 Å². The molecule has 1 N–H and O–H groups in total. The summed E-state index contributed by atoms with van der Waals surface area (Å²) in [6, 6.07) is 16.7. The highest BCUT2D eigenvalue weighted by Crippen LogP contribution is 2.11. The molecule has 0 atom stereocenters. The Kier molecular flexibility index (Phi) is 3.73. The van der Waals surface area contributed by atoms with Gasteiger partial charge in [-0.25, -0.2) is 0 Å². The minimum atomic E-state index is 1.09. The summed E-state index contributed by atoms with van der Waals surface area (Å²) in [5.74, 6) is 0. The number of aryl methyl sites for hydroxylation is 1. The average Bonchev–Trinajstić information content (AvgIpc) is 2.39. The van der Waals surface area contributed by atoms with Gasteiger partial charge in [-0.1, -0.05) is 54.1 Å². The molecule has 1 nitrogen and oxygen atoms in total. The van der Waals surface area contributed by atoms with E-state index in [1.165, 1.54) is 28.1 Å². The molecule has 2 aromatic rings. The van der Waals surface area contributed by atoms with Crippen molar-refractivity contribution in [3.63, 3.8) is 0 Å². The van der Waals surface area contributed by atoms with Crippen molar-refractivity contribution in [1.29, 1.82) is 5.41 Å². The summed E-state index contributed by atoms with van der Waals surface area (Å²) in [7, 11) is 0. The number of hydrogen-bond acceptors (Lipinski definition) is 1. The molecule has 2 aromatic carbocycles. The summed E-state index contributed by atoms with van der Waals surface area (Å²) in [4.78, 5) is 0. The third-order valence-corrected chi connectivity index (χ3v) is 3.08. The van der Waals surface area contributed by atoms with E-state index in [4.69, 9.17) is 5.41 Å². The fourth-order valence-electron chi connectivity index (χ4n) is 2.11. The van der Waals surface area contributed by atoms with E-state index in [2.05, 4.69) is 44.2 Å². The van der Waals surface area contributed by atoms with Gasteiger partial charge >= 0.3 is 0 Å². The molecule has 0 radical (unpaired) electrons. The predicted molar refractivity (Wildman–Crippen MR) is 78.3 cm³/mol. The molecule has 90 valence electrons. The molecule has 0 aliphatic carbocycles. The van der Waals surface area contributed by atoms with Crippen LogP contribution in [0.4, 0.5) is 0 Å². The molecule has 0 fully saturated rings. The standard InChI is InChI=1S/C17H17N/c1-13-6-5-8-16(12-13)14(2)17-9-4-3-7-15(17)10-11-18/h3-12,18H,1-2H3/b15-10-,17-14+,18-11?. The highest BCUT2D eigenvalue weighted by atomic mass is 14.3. The maximum Gasteiger partial charge on any atom is 0.0183 e. The molecule has 2 rings (SSSR count). The summed E-state index contributed by atoms with van der Waals surface area (Å²) >= 11 is 0. The summed E-state index contributed by atoms with van der Waals surface area (Å²) in [6.07, 6.45) is 3.16. The molecule has 0 amide bonds. The van der Waals surface area contributed by atoms with Gasteiger partial charge in [-0.15, -0.1) is 0 Å². The van der Waals surface area contributed by atoms with Gasteiger partial charge in [0.25, 0.3) is 0 Å². The predicted octanol–water partition coefficient (Wildman–Crippen LogP) is 2.64. The van der Waals surface area contributed by atoms with Crippen LogP contribution in [-0.4, -0.2) is 6.21 Å². The van der Waals surface area contributed by atoms with Gasteiger partial charge < -0.3 is 5.41 Å². The van der Waals surface area contributed by atoms with Gasteiger partial charge in [0.1, 0.15) is 0 Å². The first-order valence-corrected chi connectivity index (χ1v) is 6.06. The Balaban J connectivity index is 2.76. The van der Waals surface area contributed by atoms with Crippen LogP contribution in [-0.2, 0) is 0 Å². The maximum atomic E-state index is 7.23. The normalized spacial score (nSPS) is 13.3. The molecule has 0 bridgehead atoms. The number of nitrogens with one attached hydrogen (secondary N) is 1. The van der Waals surface area contributed by atoms with Crippen LogP contribution in [0, 0.1) is 12.3 Å². The molecule has 0 heterocycles. The maximum absolute atomic E-state index is 7.23.